The molecule has 0 amide bonds. The van der Waals surface area contributed by atoms with Crippen LogP contribution in [0.15, 0.2) is 12.1 Å². The number of carbonyl (C=O) groups is 1. The lowest BCUT2D eigenvalue weighted by molar-refractivity contribution is -0.117. The SMILES string of the molecule is COc1cc(OC)c(OC)cc1NCCCC(C)=O. The fourth-order valence-electron chi connectivity index (χ4n) is 1.73. The predicted octanol–water partition coefficient (Wildman–Crippen LogP) is 2.49. The molecule has 106 valence electrons. The number of anilines is 1. The number of hydrogen-bond donors (Lipinski definition) is 1. The van der Waals surface area contributed by atoms with E-state index in [1.165, 1.54) is 0 Å². The van der Waals surface area contributed by atoms with Gasteiger partial charge < -0.3 is 24.3 Å². The van der Waals surface area contributed by atoms with Crippen LogP contribution >= 0.6 is 0 Å². The van der Waals surface area contributed by atoms with E-state index in [1.54, 1.807) is 34.3 Å². The molecule has 0 bridgehead atoms. The monoisotopic (exact) mass is 267 g/mol. The van der Waals surface area contributed by atoms with Gasteiger partial charge in [0.05, 0.1) is 27.0 Å². The van der Waals surface area contributed by atoms with E-state index in [9.17, 15) is 4.79 Å². The van der Waals surface area contributed by atoms with Gasteiger partial charge in [0, 0.05) is 25.1 Å². The summed E-state index contributed by atoms with van der Waals surface area (Å²) in [5, 5.41) is 3.23. The van der Waals surface area contributed by atoms with Crippen LogP contribution in [0.3, 0.4) is 0 Å². The van der Waals surface area contributed by atoms with Crippen molar-refractivity contribution in [3.63, 3.8) is 0 Å². The molecule has 0 atom stereocenters. The maximum absolute atomic E-state index is 10.9. The molecule has 0 fully saturated rings. The second-order valence-corrected chi connectivity index (χ2v) is 4.14. The van der Waals surface area contributed by atoms with Gasteiger partial charge in [0.1, 0.15) is 11.5 Å². The van der Waals surface area contributed by atoms with Gasteiger partial charge >= 0.3 is 0 Å². The minimum absolute atomic E-state index is 0.195. The van der Waals surface area contributed by atoms with Crippen molar-refractivity contribution >= 4 is 11.5 Å². The van der Waals surface area contributed by atoms with E-state index < -0.39 is 0 Å². The van der Waals surface area contributed by atoms with Crippen LogP contribution in [0.1, 0.15) is 19.8 Å². The second kappa shape index (κ2) is 7.51. The van der Waals surface area contributed by atoms with Crippen molar-refractivity contribution in [2.24, 2.45) is 0 Å². The maximum Gasteiger partial charge on any atom is 0.164 e. The Morgan fingerprint density at radius 3 is 2.16 bits per heavy atom. The van der Waals surface area contributed by atoms with Gasteiger partial charge in [-0.05, 0) is 13.3 Å². The van der Waals surface area contributed by atoms with Gasteiger partial charge in [0.2, 0.25) is 0 Å². The van der Waals surface area contributed by atoms with E-state index in [2.05, 4.69) is 5.32 Å². The van der Waals surface area contributed by atoms with Gasteiger partial charge in [0.15, 0.2) is 11.5 Å². The first-order chi connectivity index (χ1) is 9.12. The van der Waals surface area contributed by atoms with Gasteiger partial charge in [-0.3, -0.25) is 0 Å². The van der Waals surface area contributed by atoms with Crippen LogP contribution in [0, 0.1) is 0 Å². The smallest absolute Gasteiger partial charge is 0.164 e. The number of Topliss-reactive ketones (excluding diaryl/α,β-unsaturated/α-hetero) is 1. The van der Waals surface area contributed by atoms with Crippen molar-refractivity contribution in [2.45, 2.75) is 19.8 Å². The molecule has 0 heterocycles. The summed E-state index contributed by atoms with van der Waals surface area (Å²) in [7, 11) is 4.77. The van der Waals surface area contributed by atoms with Crippen LogP contribution in [0.4, 0.5) is 5.69 Å². The highest BCUT2D eigenvalue weighted by molar-refractivity contribution is 5.75. The molecule has 0 spiro atoms. The van der Waals surface area contributed by atoms with Crippen LogP contribution in [-0.4, -0.2) is 33.7 Å². The number of carbonyl (C=O) groups excluding carboxylic acids is 1. The molecule has 0 unspecified atom stereocenters. The third-order valence-corrected chi connectivity index (χ3v) is 2.73. The van der Waals surface area contributed by atoms with Crippen molar-refractivity contribution in [1.29, 1.82) is 0 Å². The third-order valence-electron chi connectivity index (χ3n) is 2.73. The van der Waals surface area contributed by atoms with E-state index in [1.807, 2.05) is 6.07 Å². The lowest BCUT2D eigenvalue weighted by Gasteiger charge is -2.15. The predicted molar refractivity (Wildman–Crippen MR) is 74.5 cm³/mol. The van der Waals surface area contributed by atoms with Gasteiger partial charge in [-0.15, -0.1) is 0 Å². The number of hydrogen-bond acceptors (Lipinski definition) is 5. The molecular weight excluding hydrogens is 246 g/mol. The first kappa shape index (κ1) is 15.1. The summed E-state index contributed by atoms with van der Waals surface area (Å²) in [6.45, 7) is 2.29. The zero-order valence-electron chi connectivity index (χ0n) is 11.9. The van der Waals surface area contributed by atoms with Crippen LogP contribution in [0.25, 0.3) is 0 Å². The molecule has 1 aromatic rings. The van der Waals surface area contributed by atoms with Crippen LogP contribution in [0.5, 0.6) is 17.2 Å². The molecule has 1 aromatic carbocycles. The fourth-order valence-corrected chi connectivity index (χ4v) is 1.73. The summed E-state index contributed by atoms with van der Waals surface area (Å²) in [6.07, 6.45) is 1.36. The first-order valence-electron chi connectivity index (χ1n) is 6.15. The summed E-state index contributed by atoms with van der Waals surface area (Å²) in [5.41, 5.74) is 0.823. The van der Waals surface area contributed by atoms with Crippen molar-refractivity contribution in [2.75, 3.05) is 33.2 Å². The summed E-state index contributed by atoms with van der Waals surface area (Å²) in [4.78, 5) is 10.9. The molecular formula is C14H21NO4. The lowest BCUT2D eigenvalue weighted by Crippen LogP contribution is -2.05. The summed E-state index contributed by atoms with van der Waals surface area (Å²) < 4.78 is 15.8. The zero-order chi connectivity index (χ0) is 14.3. The van der Waals surface area contributed by atoms with E-state index in [4.69, 9.17) is 14.2 Å². The maximum atomic E-state index is 10.9. The minimum Gasteiger partial charge on any atom is -0.494 e. The van der Waals surface area contributed by atoms with E-state index in [0.29, 0.717) is 30.2 Å². The molecule has 5 nitrogen and oxygen atoms in total. The Bertz CT molecular complexity index is 432. The van der Waals surface area contributed by atoms with Gasteiger partial charge in [0.25, 0.3) is 0 Å². The molecule has 5 heteroatoms. The molecule has 0 saturated heterocycles. The summed E-state index contributed by atoms with van der Waals surface area (Å²) in [5.74, 6) is 2.13. The molecule has 0 radical (unpaired) electrons. The van der Waals surface area contributed by atoms with Gasteiger partial charge in [-0.2, -0.15) is 0 Å². The Hall–Kier alpha value is -1.91. The first-order valence-corrected chi connectivity index (χ1v) is 6.15. The molecule has 1 N–H and O–H groups in total. The molecule has 1 rings (SSSR count). The lowest BCUT2D eigenvalue weighted by atomic mass is 10.2. The number of rotatable bonds is 8. The fraction of sp³-hybridized carbons (Fsp3) is 0.500. The highest BCUT2D eigenvalue weighted by Crippen LogP contribution is 2.37. The normalized spacial score (nSPS) is 9.89. The average Bonchev–Trinajstić information content (AvgIpc) is 2.42. The van der Waals surface area contributed by atoms with Crippen molar-refractivity contribution in [3.8, 4) is 17.2 Å². The number of ether oxygens (including phenoxy) is 3. The minimum atomic E-state index is 0.195. The Morgan fingerprint density at radius 2 is 1.63 bits per heavy atom. The summed E-state index contributed by atoms with van der Waals surface area (Å²) in [6, 6.07) is 3.59. The number of nitrogens with one attached hydrogen (secondary N) is 1. The van der Waals surface area contributed by atoms with Crippen LogP contribution in [0.2, 0.25) is 0 Å². The number of methoxy groups -OCH3 is 3. The van der Waals surface area contributed by atoms with Gasteiger partial charge in [-0.25, -0.2) is 0 Å². The third kappa shape index (κ3) is 4.35. The molecule has 0 saturated carbocycles. The van der Waals surface area contributed by atoms with Crippen molar-refractivity contribution in [1.82, 2.24) is 0 Å². The van der Waals surface area contributed by atoms with E-state index in [-0.39, 0.29) is 5.78 Å². The topological polar surface area (TPSA) is 56.8 Å². The Morgan fingerprint density at radius 1 is 1.05 bits per heavy atom. The van der Waals surface area contributed by atoms with Crippen LogP contribution < -0.4 is 19.5 Å². The largest absolute Gasteiger partial charge is 0.494 e. The number of ketones is 1. The summed E-state index contributed by atoms with van der Waals surface area (Å²) >= 11 is 0. The number of benzene rings is 1. The zero-order valence-corrected chi connectivity index (χ0v) is 11.9. The van der Waals surface area contributed by atoms with Crippen LogP contribution in [-0.2, 0) is 4.79 Å². The van der Waals surface area contributed by atoms with Gasteiger partial charge in [-0.1, -0.05) is 0 Å². The second-order valence-electron chi connectivity index (χ2n) is 4.14. The van der Waals surface area contributed by atoms with Crippen molar-refractivity contribution in [3.05, 3.63) is 12.1 Å². The van der Waals surface area contributed by atoms with E-state index >= 15 is 0 Å². The standard InChI is InChI=1S/C14H21NO4/c1-10(16)6-5-7-15-11-8-13(18-3)14(19-4)9-12(11)17-2/h8-9,15H,5-7H2,1-4H3. The highest BCUT2D eigenvalue weighted by Gasteiger charge is 2.11. The molecule has 0 aliphatic rings. The molecule has 0 aliphatic carbocycles. The molecule has 0 aromatic heterocycles. The van der Waals surface area contributed by atoms with Crippen molar-refractivity contribution < 1.29 is 19.0 Å². The Balaban J connectivity index is 2.77. The molecule has 0 aliphatic heterocycles. The molecule has 19 heavy (non-hydrogen) atoms. The quantitative estimate of drug-likeness (QED) is 0.733. The van der Waals surface area contributed by atoms with E-state index in [0.717, 1.165) is 12.1 Å². The highest BCUT2D eigenvalue weighted by atomic mass is 16.5. The average molecular weight is 267 g/mol. The Kier molecular flexibility index (Phi) is 5.99. The Labute approximate surface area is 113 Å².